The van der Waals surface area contributed by atoms with Gasteiger partial charge in [0.2, 0.25) is 10.0 Å². The van der Waals surface area contributed by atoms with Crippen LogP contribution in [0.25, 0.3) is 16.9 Å². The minimum absolute atomic E-state index is 0.0810. The number of benzene rings is 2. The Morgan fingerprint density at radius 2 is 1.65 bits per heavy atom. The molecule has 2 N–H and O–H groups in total. The first-order valence-corrected chi connectivity index (χ1v) is 9.36. The maximum Gasteiger partial charge on any atom is 0.288 e. The van der Waals surface area contributed by atoms with Crippen LogP contribution < -0.4 is 5.14 Å². The first kappa shape index (κ1) is 18.5. The Morgan fingerprint density at radius 1 is 1.08 bits per heavy atom. The van der Waals surface area contributed by atoms with Crippen molar-refractivity contribution in [3.63, 3.8) is 0 Å². The van der Waals surface area contributed by atoms with Crippen molar-refractivity contribution in [2.45, 2.75) is 17.7 Å². The average molecular weight is 398 g/mol. The second-order valence-corrected chi connectivity index (χ2v) is 7.76. The Kier molecular flexibility index (Phi) is 4.60. The number of sulfonamides is 1. The first-order chi connectivity index (χ1) is 12.1. The molecule has 0 bridgehead atoms. The van der Waals surface area contributed by atoms with Gasteiger partial charge in [-0.05, 0) is 42.5 Å². The summed E-state index contributed by atoms with van der Waals surface area (Å²) in [5, 5.41) is 9.59. The molecule has 0 radical (unpaired) electrons. The maximum atomic E-state index is 13.8. The van der Waals surface area contributed by atoms with E-state index in [1.54, 1.807) is 24.3 Å². The maximum absolute atomic E-state index is 13.8. The Labute approximate surface area is 154 Å². The number of nitrogens with zero attached hydrogens (tertiary/aromatic N) is 2. The summed E-state index contributed by atoms with van der Waals surface area (Å²) in [5.74, 6) is -3.13. The highest BCUT2D eigenvalue weighted by Gasteiger charge is 2.29. The Balaban J connectivity index is 2.16. The minimum atomic E-state index is -3.85. The number of primary sulfonamides is 1. The number of hydrogen-bond donors (Lipinski definition) is 1. The summed E-state index contributed by atoms with van der Waals surface area (Å²) in [6.45, 7) is 0.759. The quantitative estimate of drug-likeness (QED) is 0.724. The predicted octanol–water partition coefficient (Wildman–Crippen LogP) is 3.95. The predicted molar refractivity (Wildman–Crippen MR) is 95.0 cm³/mol. The fourth-order valence-electron chi connectivity index (χ4n) is 2.40. The molecule has 1 aromatic heterocycles. The zero-order chi connectivity index (χ0) is 19.1. The van der Waals surface area contributed by atoms with Crippen molar-refractivity contribution in [3.05, 3.63) is 65.3 Å². The van der Waals surface area contributed by atoms with Gasteiger partial charge in [-0.3, -0.25) is 0 Å². The van der Waals surface area contributed by atoms with Gasteiger partial charge in [-0.1, -0.05) is 23.7 Å². The lowest BCUT2D eigenvalue weighted by atomic mass is 10.1. The van der Waals surface area contributed by atoms with Crippen LogP contribution in [-0.2, 0) is 15.9 Å². The third-order valence-corrected chi connectivity index (χ3v) is 4.89. The summed E-state index contributed by atoms with van der Waals surface area (Å²) in [6.07, 6.45) is 0. The number of aromatic nitrogens is 2. The lowest BCUT2D eigenvalue weighted by Gasteiger charge is -2.09. The molecule has 26 heavy (non-hydrogen) atoms. The van der Waals surface area contributed by atoms with E-state index in [1.165, 1.54) is 35.0 Å². The number of nitrogens with two attached hydrogens (primary N) is 1. The summed E-state index contributed by atoms with van der Waals surface area (Å²) < 4.78 is 51.6. The molecule has 3 rings (SSSR count). The summed E-state index contributed by atoms with van der Waals surface area (Å²) in [6, 6.07) is 13.4. The van der Waals surface area contributed by atoms with E-state index < -0.39 is 21.6 Å². The Bertz CT molecular complexity index is 1040. The number of rotatable bonds is 4. The van der Waals surface area contributed by atoms with E-state index in [-0.39, 0.29) is 4.90 Å². The molecule has 1 heterocycles. The largest absolute Gasteiger partial charge is 0.288 e. The molecule has 0 saturated carbocycles. The van der Waals surface area contributed by atoms with Gasteiger partial charge in [0.25, 0.3) is 5.92 Å². The fraction of sp³-hybridized carbons (Fsp3) is 0.118. The summed E-state index contributed by atoms with van der Waals surface area (Å²) in [7, 11) is -3.85. The van der Waals surface area contributed by atoms with Gasteiger partial charge in [0.05, 0.1) is 16.3 Å². The number of hydrogen-bond acceptors (Lipinski definition) is 3. The molecule has 0 aliphatic rings. The number of halogens is 3. The van der Waals surface area contributed by atoms with Gasteiger partial charge >= 0.3 is 0 Å². The average Bonchev–Trinajstić information content (AvgIpc) is 3.00. The van der Waals surface area contributed by atoms with Crippen molar-refractivity contribution in [3.8, 4) is 16.9 Å². The molecular weight excluding hydrogens is 384 g/mol. The van der Waals surface area contributed by atoms with Gasteiger partial charge in [0.1, 0.15) is 5.69 Å². The zero-order valence-corrected chi connectivity index (χ0v) is 15.1. The van der Waals surface area contributed by atoms with Gasteiger partial charge in [-0.2, -0.15) is 13.9 Å². The molecule has 0 fully saturated rings. The van der Waals surface area contributed by atoms with Crippen LogP contribution in [0.5, 0.6) is 0 Å². The highest BCUT2D eigenvalue weighted by Crippen LogP contribution is 2.32. The van der Waals surface area contributed by atoms with Crippen LogP contribution in [0.1, 0.15) is 12.6 Å². The molecule has 0 amide bonds. The van der Waals surface area contributed by atoms with Gasteiger partial charge in [-0.15, -0.1) is 0 Å². The van der Waals surface area contributed by atoms with E-state index in [0.29, 0.717) is 22.0 Å². The molecule has 5 nitrogen and oxygen atoms in total. The van der Waals surface area contributed by atoms with E-state index in [1.807, 2.05) is 0 Å². The molecule has 0 spiro atoms. The fourth-order valence-corrected chi connectivity index (χ4v) is 3.04. The van der Waals surface area contributed by atoms with Crippen LogP contribution in [0, 0.1) is 0 Å². The van der Waals surface area contributed by atoms with E-state index in [4.69, 9.17) is 16.7 Å². The van der Waals surface area contributed by atoms with Gasteiger partial charge in [0, 0.05) is 17.5 Å². The minimum Gasteiger partial charge on any atom is -0.233 e. The topological polar surface area (TPSA) is 78.0 Å². The van der Waals surface area contributed by atoms with Crippen LogP contribution in [0.15, 0.2) is 59.5 Å². The molecule has 9 heteroatoms. The normalized spacial score (nSPS) is 12.3. The van der Waals surface area contributed by atoms with E-state index >= 15 is 0 Å². The van der Waals surface area contributed by atoms with Crippen LogP contribution in [0.3, 0.4) is 0 Å². The Morgan fingerprint density at radius 3 is 2.15 bits per heavy atom. The molecular formula is C17H14ClF2N3O2S. The lowest BCUT2D eigenvalue weighted by molar-refractivity contribution is 0.0124. The monoisotopic (exact) mass is 397 g/mol. The zero-order valence-electron chi connectivity index (χ0n) is 13.5. The molecule has 0 aliphatic heterocycles. The van der Waals surface area contributed by atoms with Gasteiger partial charge in [0.15, 0.2) is 0 Å². The van der Waals surface area contributed by atoms with Crippen molar-refractivity contribution < 1.29 is 17.2 Å². The van der Waals surface area contributed by atoms with Crippen LogP contribution in [0.2, 0.25) is 5.02 Å². The smallest absolute Gasteiger partial charge is 0.233 e. The van der Waals surface area contributed by atoms with Crippen LogP contribution in [-0.4, -0.2) is 18.2 Å². The Hall–Kier alpha value is -2.29. The molecule has 3 aromatic rings. The molecule has 0 atom stereocenters. The van der Waals surface area contributed by atoms with E-state index in [2.05, 4.69) is 5.10 Å². The highest BCUT2D eigenvalue weighted by molar-refractivity contribution is 7.89. The molecule has 0 saturated heterocycles. The van der Waals surface area contributed by atoms with Crippen molar-refractivity contribution in [1.82, 2.24) is 9.78 Å². The third kappa shape index (κ3) is 3.77. The van der Waals surface area contributed by atoms with Crippen LogP contribution in [0.4, 0.5) is 8.78 Å². The second kappa shape index (κ2) is 6.46. The summed E-state index contributed by atoms with van der Waals surface area (Å²) in [4.78, 5) is -0.0810. The third-order valence-electron chi connectivity index (χ3n) is 3.71. The van der Waals surface area contributed by atoms with Crippen molar-refractivity contribution in [2.24, 2.45) is 5.14 Å². The van der Waals surface area contributed by atoms with E-state index in [9.17, 15) is 17.2 Å². The number of alkyl halides is 2. The summed E-state index contributed by atoms with van der Waals surface area (Å²) in [5.41, 5.74) is 1.06. The second-order valence-electron chi connectivity index (χ2n) is 5.76. The first-order valence-electron chi connectivity index (χ1n) is 7.43. The SMILES string of the molecule is CC(F)(F)c1cc(-c2ccc(Cl)cc2)n(-c2ccc(S(N)(=O)=O)cc2)n1. The molecule has 2 aromatic carbocycles. The molecule has 136 valence electrons. The van der Waals surface area contributed by atoms with Crippen molar-refractivity contribution in [2.75, 3.05) is 0 Å². The highest BCUT2D eigenvalue weighted by atomic mass is 35.5. The lowest BCUT2D eigenvalue weighted by Crippen LogP contribution is -2.12. The molecule has 0 unspecified atom stereocenters. The molecule has 0 aliphatic carbocycles. The van der Waals surface area contributed by atoms with E-state index in [0.717, 1.165) is 6.92 Å². The van der Waals surface area contributed by atoms with Gasteiger partial charge in [-0.25, -0.2) is 18.2 Å². The standard InChI is InChI=1S/C17H14ClF2N3O2S/c1-17(19,20)16-10-15(11-2-4-12(18)5-3-11)23(22-16)13-6-8-14(9-7-13)26(21,24)25/h2-10H,1H3,(H2,21,24,25). The van der Waals surface area contributed by atoms with Crippen molar-refractivity contribution >= 4 is 21.6 Å². The van der Waals surface area contributed by atoms with Gasteiger partial charge < -0.3 is 0 Å². The van der Waals surface area contributed by atoms with Crippen LogP contribution >= 0.6 is 11.6 Å². The van der Waals surface area contributed by atoms with Crippen molar-refractivity contribution in [1.29, 1.82) is 0 Å². The summed E-state index contributed by atoms with van der Waals surface area (Å²) >= 11 is 5.88.